The van der Waals surface area contributed by atoms with E-state index in [9.17, 15) is 9.59 Å². The minimum atomic E-state index is -0.174. The van der Waals surface area contributed by atoms with Crippen molar-refractivity contribution in [2.45, 2.75) is 12.8 Å². The van der Waals surface area contributed by atoms with Gasteiger partial charge in [-0.15, -0.1) is 0 Å². The van der Waals surface area contributed by atoms with Crippen molar-refractivity contribution in [1.82, 2.24) is 14.9 Å². The molecule has 0 bridgehead atoms. The molecule has 7 heteroatoms. The summed E-state index contributed by atoms with van der Waals surface area (Å²) in [7, 11) is 0. The van der Waals surface area contributed by atoms with Gasteiger partial charge < -0.3 is 14.2 Å². The van der Waals surface area contributed by atoms with Gasteiger partial charge in [-0.1, -0.05) is 0 Å². The molecule has 2 aliphatic rings. The summed E-state index contributed by atoms with van der Waals surface area (Å²) in [5, 5.41) is 0. The highest BCUT2D eigenvalue weighted by Gasteiger charge is 2.49. The smallest absolute Gasteiger partial charge is 0.257 e. The summed E-state index contributed by atoms with van der Waals surface area (Å²) in [6.07, 6.45) is 8.97. The second kappa shape index (κ2) is 5.19. The number of amides is 2. The van der Waals surface area contributed by atoms with Crippen molar-refractivity contribution in [3.63, 3.8) is 0 Å². The third kappa shape index (κ3) is 2.38. The van der Waals surface area contributed by atoms with Crippen LogP contribution in [0, 0.1) is 5.41 Å². The van der Waals surface area contributed by atoms with Crippen molar-refractivity contribution in [3.05, 3.63) is 42.9 Å². The lowest BCUT2D eigenvalue weighted by Crippen LogP contribution is -2.34. The minimum absolute atomic E-state index is 0.0374. The van der Waals surface area contributed by atoms with Crippen molar-refractivity contribution in [1.29, 1.82) is 0 Å². The van der Waals surface area contributed by atoms with Crippen LogP contribution in [0.3, 0.4) is 0 Å². The predicted molar refractivity (Wildman–Crippen MR) is 80.7 cm³/mol. The Labute approximate surface area is 132 Å². The number of nitrogens with zero attached hydrogens (tertiary/aromatic N) is 4. The molecule has 2 saturated heterocycles. The largest absolute Gasteiger partial charge is 0.472 e. The summed E-state index contributed by atoms with van der Waals surface area (Å²) in [4.78, 5) is 36.3. The number of carbonyl (C=O) groups excluding carboxylic acids is 2. The standard InChI is InChI=1S/C16H16N4O3/c21-14-5-16(10-20(14)13-6-17-11-18-7-13)2-3-19(9-16)15(22)12-1-4-23-8-12/h1,4,6-8,11H,2-3,5,9-10H2/t16-/m1/s1. The van der Waals surface area contributed by atoms with Gasteiger partial charge in [-0.25, -0.2) is 9.97 Å². The Morgan fingerprint density at radius 2 is 2.09 bits per heavy atom. The molecule has 2 aromatic rings. The van der Waals surface area contributed by atoms with Crippen LogP contribution in [-0.2, 0) is 4.79 Å². The number of rotatable bonds is 2. The Balaban J connectivity index is 1.51. The van der Waals surface area contributed by atoms with E-state index in [4.69, 9.17) is 4.42 Å². The van der Waals surface area contributed by atoms with Gasteiger partial charge in [0.1, 0.15) is 12.6 Å². The second-order valence-electron chi connectivity index (χ2n) is 6.24. The Bertz CT molecular complexity index is 731. The van der Waals surface area contributed by atoms with Gasteiger partial charge in [0.15, 0.2) is 0 Å². The van der Waals surface area contributed by atoms with Crippen molar-refractivity contribution in [3.8, 4) is 0 Å². The highest BCUT2D eigenvalue weighted by atomic mass is 16.3. The first kappa shape index (κ1) is 13.9. The molecule has 2 fully saturated rings. The van der Waals surface area contributed by atoms with E-state index in [0.29, 0.717) is 37.3 Å². The van der Waals surface area contributed by atoms with Crippen LogP contribution < -0.4 is 4.90 Å². The summed E-state index contributed by atoms with van der Waals surface area (Å²) >= 11 is 0. The van der Waals surface area contributed by atoms with Crippen molar-refractivity contribution < 1.29 is 14.0 Å². The first-order valence-electron chi connectivity index (χ1n) is 7.54. The van der Waals surface area contributed by atoms with Gasteiger partial charge >= 0.3 is 0 Å². The van der Waals surface area contributed by atoms with E-state index in [1.807, 2.05) is 4.90 Å². The molecular formula is C16H16N4O3. The molecule has 4 heterocycles. The second-order valence-corrected chi connectivity index (χ2v) is 6.24. The SMILES string of the molecule is O=C(c1ccoc1)N1CC[C@@]2(CC(=O)N(c3cncnc3)C2)C1. The topological polar surface area (TPSA) is 79.5 Å². The van der Waals surface area contributed by atoms with Crippen LogP contribution in [0.1, 0.15) is 23.2 Å². The highest BCUT2D eigenvalue weighted by Crippen LogP contribution is 2.41. The van der Waals surface area contributed by atoms with Crippen LogP contribution in [0.2, 0.25) is 0 Å². The molecule has 2 amide bonds. The Kier molecular flexibility index (Phi) is 3.14. The van der Waals surface area contributed by atoms with Gasteiger partial charge in [0.25, 0.3) is 5.91 Å². The van der Waals surface area contributed by atoms with E-state index in [1.165, 1.54) is 18.9 Å². The number of hydrogen-bond acceptors (Lipinski definition) is 5. The lowest BCUT2D eigenvalue weighted by Gasteiger charge is -2.23. The molecule has 2 aromatic heterocycles. The third-order valence-corrected chi connectivity index (χ3v) is 4.67. The van der Waals surface area contributed by atoms with Gasteiger partial charge in [-0.2, -0.15) is 0 Å². The Morgan fingerprint density at radius 1 is 1.26 bits per heavy atom. The summed E-state index contributed by atoms with van der Waals surface area (Å²) in [6, 6.07) is 1.67. The molecule has 0 radical (unpaired) electrons. The van der Waals surface area contributed by atoms with Crippen molar-refractivity contribution in [2.75, 3.05) is 24.5 Å². The molecule has 0 aromatic carbocycles. The van der Waals surface area contributed by atoms with Gasteiger partial charge in [0.2, 0.25) is 5.91 Å². The number of likely N-dealkylation sites (tertiary alicyclic amines) is 1. The van der Waals surface area contributed by atoms with Crippen molar-refractivity contribution in [2.24, 2.45) is 5.41 Å². The summed E-state index contributed by atoms with van der Waals surface area (Å²) in [5.41, 5.74) is 1.10. The maximum Gasteiger partial charge on any atom is 0.257 e. The lowest BCUT2D eigenvalue weighted by molar-refractivity contribution is -0.117. The number of hydrogen-bond donors (Lipinski definition) is 0. The first-order chi connectivity index (χ1) is 11.2. The van der Waals surface area contributed by atoms with Crippen LogP contribution in [0.25, 0.3) is 0 Å². The monoisotopic (exact) mass is 312 g/mol. The van der Waals surface area contributed by atoms with Gasteiger partial charge in [0.05, 0.1) is 29.9 Å². The number of aromatic nitrogens is 2. The molecule has 1 atom stereocenters. The molecule has 2 aliphatic heterocycles. The van der Waals surface area contributed by atoms with E-state index in [1.54, 1.807) is 23.4 Å². The molecule has 0 saturated carbocycles. The molecule has 0 unspecified atom stereocenters. The average Bonchev–Trinajstić information content (AvgIpc) is 3.29. The Morgan fingerprint density at radius 3 is 2.83 bits per heavy atom. The van der Waals surface area contributed by atoms with Crippen molar-refractivity contribution >= 4 is 17.5 Å². The molecule has 4 rings (SSSR count). The van der Waals surface area contributed by atoms with Crippen LogP contribution in [0.15, 0.2) is 41.7 Å². The molecule has 0 N–H and O–H groups in total. The maximum absolute atomic E-state index is 12.4. The van der Waals surface area contributed by atoms with E-state index in [2.05, 4.69) is 9.97 Å². The van der Waals surface area contributed by atoms with Crippen LogP contribution in [0.5, 0.6) is 0 Å². The van der Waals surface area contributed by atoms with Gasteiger partial charge in [-0.05, 0) is 12.5 Å². The van der Waals surface area contributed by atoms with E-state index in [0.717, 1.165) is 6.42 Å². The number of furan rings is 1. The fourth-order valence-electron chi connectivity index (χ4n) is 3.51. The minimum Gasteiger partial charge on any atom is -0.472 e. The normalized spacial score (nSPS) is 23.9. The number of carbonyl (C=O) groups is 2. The molecular weight excluding hydrogens is 296 g/mol. The molecule has 118 valence electrons. The fraction of sp³-hybridized carbons (Fsp3) is 0.375. The molecule has 23 heavy (non-hydrogen) atoms. The summed E-state index contributed by atoms with van der Waals surface area (Å²) < 4.78 is 4.98. The third-order valence-electron chi connectivity index (χ3n) is 4.67. The van der Waals surface area contributed by atoms with E-state index in [-0.39, 0.29) is 17.2 Å². The molecule has 7 nitrogen and oxygen atoms in total. The molecule has 1 spiro atoms. The van der Waals surface area contributed by atoms with Crippen LogP contribution in [0.4, 0.5) is 5.69 Å². The first-order valence-corrected chi connectivity index (χ1v) is 7.54. The summed E-state index contributed by atoms with van der Waals surface area (Å²) in [5.74, 6) is 0.0296. The zero-order chi connectivity index (χ0) is 15.9. The number of anilines is 1. The van der Waals surface area contributed by atoms with E-state index < -0.39 is 0 Å². The Hall–Kier alpha value is -2.70. The van der Waals surface area contributed by atoms with Crippen LogP contribution in [-0.4, -0.2) is 46.3 Å². The van der Waals surface area contributed by atoms with E-state index >= 15 is 0 Å². The quantitative estimate of drug-likeness (QED) is 0.836. The van der Waals surface area contributed by atoms with Gasteiger partial charge in [-0.3, -0.25) is 9.59 Å². The predicted octanol–water partition coefficient (Wildman–Crippen LogP) is 1.34. The zero-order valence-corrected chi connectivity index (χ0v) is 12.5. The average molecular weight is 312 g/mol. The maximum atomic E-state index is 12.4. The summed E-state index contributed by atoms with van der Waals surface area (Å²) in [6.45, 7) is 1.86. The zero-order valence-electron chi connectivity index (χ0n) is 12.5. The fourth-order valence-corrected chi connectivity index (χ4v) is 3.51. The van der Waals surface area contributed by atoms with Gasteiger partial charge in [0, 0.05) is 31.5 Å². The molecule has 0 aliphatic carbocycles. The lowest BCUT2D eigenvalue weighted by atomic mass is 9.86. The highest BCUT2D eigenvalue weighted by molar-refractivity contribution is 5.97. The van der Waals surface area contributed by atoms with Crippen LogP contribution >= 0.6 is 0 Å².